The van der Waals surface area contributed by atoms with Gasteiger partial charge in [-0.25, -0.2) is 0 Å². The smallest absolute Gasteiger partial charge is 0.303 e. The molecule has 1 aromatic carbocycles. The Labute approximate surface area is 138 Å². The first-order chi connectivity index (χ1) is 10.7. The van der Waals surface area contributed by atoms with Crippen molar-refractivity contribution in [2.75, 3.05) is 38.5 Å². The van der Waals surface area contributed by atoms with Crippen molar-refractivity contribution in [1.82, 2.24) is 9.21 Å². The number of carbonyl (C=O) groups excluding carboxylic acids is 1. The van der Waals surface area contributed by atoms with Gasteiger partial charge in [0.15, 0.2) is 0 Å². The van der Waals surface area contributed by atoms with E-state index >= 15 is 0 Å². The largest absolute Gasteiger partial charge is 0.338 e. The van der Waals surface area contributed by atoms with Crippen LogP contribution in [0.25, 0.3) is 0 Å². The van der Waals surface area contributed by atoms with Gasteiger partial charge in [0, 0.05) is 39.8 Å². The van der Waals surface area contributed by atoms with Crippen molar-refractivity contribution in [1.29, 1.82) is 0 Å². The lowest BCUT2D eigenvalue weighted by Crippen LogP contribution is -2.39. The zero-order valence-electron chi connectivity index (χ0n) is 14.2. The van der Waals surface area contributed by atoms with E-state index in [2.05, 4.69) is 6.92 Å². The van der Waals surface area contributed by atoms with Crippen LogP contribution in [0.4, 0.5) is 5.69 Å². The van der Waals surface area contributed by atoms with Crippen molar-refractivity contribution >= 4 is 21.8 Å². The average molecular weight is 339 g/mol. The molecule has 1 heterocycles. The number of benzene rings is 1. The second-order valence-electron chi connectivity index (χ2n) is 6.30. The quantitative estimate of drug-likeness (QED) is 0.840. The number of hydrogen-bond donors (Lipinski definition) is 0. The molecular weight excluding hydrogens is 314 g/mol. The SMILES string of the molecule is C[C@H]1CCCN(C(=O)c2ccc(N(C)S(=O)(=O)N(C)C)cc2)C1. The molecule has 0 aromatic heterocycles. The van der Waals surface area contributed by atoms with E-state index in [9.17, 15) is 13.2 Å². The highest BCUT2D eigenvalue weighted by atomic mass is 32.2. The van der Waals surface area contributed by atoms with Crippen LogP contribution in [0, 0.1) is 5.92 Å². The maximum Gasteiger partial charge on any atom is 0.303 e. The summed E-state index contributed by atoms with van der Waals surface area (Å²) in [5.41, 5.74) is 1.13. The van der Waals surface area contributed by atoms with Gasteiger partial charge in [0.25, 0.3) is 5.91 Å². The van der Waals surface area contributed by atoms with Crippen LogP contribution in [0.2, 0.25) is 0 Å². The summed E-state index contributed by atoms with van der Waals surface area (Å²) >= 11 is 0. The molecule has 0 unspecified atom stereocenters. The molecule has 6 nitrogen and oxygen atoms in total. The molecular formula is C16H25N3O3S. The number of piperidine rings is 1. The summed E-state index contributed by atoms with van der Waals surface area (Å²) in [5, 5.41) is 0. The Balaban J connectivity index is 2.15. The minimum Gasteiger partial charge on any atom is -0.338 e. The van der Waals surface area contributed by atoms with Crippen LogP contribution in [0.5, 0.6) is 0 Å². The average Bonchev–Trinajstić information content (AvgIpc) is 2.53. The van der Waals surface area contributed by atoms with E-state index in [0.29, 0.717) is 17.2 Å². The predicted octanol–water partition coefficient (Wildman–Crippen LogP) is 1.80. The highest BCUT2D eigenvalue weighted by molar-refractivity contribution is 7.90. The molecule has 1 aliphatic rings. The van der Waals surface area contributed by atoms with Crippen molar-refractivity contribution in [2.24, 2.45) is 5.92 Å². The molecule has 0 radical (unpaired) electrons. The summed E-state index contributed by atoms with van der Waals surface area (Å²) in [5.74, 6) is 0.546. The lowest BCUT2D eigenvalue weighted by Gasteiger charge is -2.31. The number of hydrogen-bond acceptors (Lipinski definition) is 3. The van der Waals surface area contributed by atoms with Crippen LogP contribution in [-0.4, -0.2) is 57.8 Å². The van der Waals surface area contributed by atoms with E-state index in [0.717, 1.165) is 30.2 Å². The number of likely N-dealkylation sites (tertiary alicyclic amines) is 1. The topological polar surface area (TPSA) is 60.9 Å². The molecule has 0 saturated carbocycles. The summed E-state index contributed by atoms with van der Waals surface area (Å²) in [6, 6.07) is 6.72. The van der Waals surface area contributed by atoms with Gasteiger partial charge in [0.1, 0.15) is 0 Å². The molecule has 0 N–H and O–H groups in total. The number of nitrogens with zero attached hydrogens (tertiary/aromatic N) is 3. The maximum absolute atomic E-state index is 12.5. The third-order valence-corrected chi connectivity index (χ3v) is 6.06. The summed E-state index contributed by atoms with van der Waals surface area (Å²) in [6.07, 6.45) is 2.20. The van der Waals surface area contributed by atoms with Crippen molar-refractivity contribution in [3.05, 3.63) is 29.8 Å². The third-order valence-electron chi connectivity index (χ3n) is 4.23. The molecule has 0 bridgehead atoms. The first kappa shape index (κ1) is 17.7. The minimum atomic E-state index is -3.52. The summed E-state index contributed by atoms with van der Waals surface area (Å²) in [7, 11) is 0.954. The van der Waals surface area contributed by atoms with Crippen molar-refractivity contribution in [3.8, 4) is 0 Å². The van der Waals surface area contributed by atoms with Crippen LogP contribution in [-0.2, 0) is 10.2 Å². The van der Waals surface area contributed by atoms with Gasteiger partial charge in [-0.1, -0.05) is 6.92 Å². The summed E-state index contributed by atoms with van der Waals surface area (Å²) < 4.78 is 26.6. The Morgan fingerprint density at radius 3 is 2.30 bits per heavy atom. The van der Waals surface area contributed by atoms with E-state index in [1.807, 2.05) is 4.90 Å². The standard InChI is InChI=1S/C16H25N3O3S/c1-13-6-5-11-19(12-13)16(20)14-7-9-15(10-8-14)18(4)23(21,22)17(2)3/h7-10,13H,5-6,11-12H2,1-4H3/t13-/m0/s1. The van der Waals surface area contributed by atoms with Gasteiger partial charge in [0.05, 0.1) is 5.69 Å². The van der Waals surface area contributed by atoms with Gasteiger partial charge in [0.2, 0.25) is 0 Å². The molecule has 1 aromatic rings. The molecule has 128 valence electrons. The van der Waals surface area contributed by atoms with Crippen LogP contribution in [0.1, 0.15) is 30.1 Å². The van der Waals surface area contributed by atoms with Crippen LogP contribution in [0.3, 0.4) is 0 Å². The number of carbonyl (C=O) groups is 1. The Morgan fingerprint density at radius 1 is 1.17 bits per heavy atom. The third kappa shape index (κ3) is 3.84. The van der Waals surface area contributed by atoms with E-state index in [-0.39, 0.29) is 5.91 Å². The van der Waals surface area contributed by atoms with E-state index in [4.69, 9.17) is 0 Å². The van der Waals surface area contributed by atoms with Gasteiger partial charge in [-0.05, 0) is 43.0 Å². The van der Waals surface area contributed by atoms with Gasteiger partial charge in [-0.15, -0.1) is 0 Å². The fourth-order valence-corrected chi connectivity index (χ4v) is 3.63. The molecule has 23 heavy (non-hydrogen) atoms. The molecule has 0 aliphatic carbocycles. The van der Waals surface area contributed by atoms with Gasteiger partial charge in [-0.2, -0.15) is 12.7 Å². The number of anilines is 1. The molecule has 7 heteroatoms. The molecule has 1 atom stereocenters. The first-order valence-electron chi connectivity index (χ1n) is 7.79. The molecule has 1 fully saturated rings. The normalized spacial score (nSPS) is 19.0. The lowest BCUT2D eigenvalue weighted by atomic mass is 9.99. The fraction of sp³-hybridized carbons (Fsp3) is 0.562. The van der Waals surface area contributed by atoms with Crippen molar-refractivity contribution < 1.29 is 13.2 Å². The molecule has 2 rings (SSSR count). The minimum absolute atomic E-state index is 0.0150. The molecule has 1 amide bonds. The van der Waals surface area contributed by atoms with E-state index in [1.165, 1.54) is 25.4 Å². The monoisotopic (exact) mass is 339 g/mol. The second kappa shape index (κ2) is 6.88. The Morgan fingerprint density at radius 2 is 1.78 bits per heavy atom. The Bertz CT molecular complexity index is 656. The Hall–Kier alpha value is -1.60. The van der Waals surface area contributed by atoms with Crippen LogP contribution >= 0.6 is 0 Å². The first-order valence-corrected chi connectivity index (χ1v) is 9.19. The molecule has 1 aliphatic heterocycles. The predicted molar refractivity (Wildman–Crippen MR) is 91.8 cm³/mol. The fourth-order valence-electron chi connectivity index (χ4n) is 2.75. The van der Waals surface area contributed by atoms with Crippen LogP contribution in [0.15, 0.2) is 24.3 Å². The van der Waals surface area contributed by atoms with Gasteiger partial charge >= 0.3 is 10.2 Å². The zero-order valence-corrected chi connectivity index (χ0v) is 15.0. The lowest BCUT2D eigenvalue weighted by molar-refractivity contribution is 0.0683. The summed E-state index contributed by atoms with van der Waals surface area (Å²) in [6.45, 7) is 3.74. The van der Waals surface area contributed by atoms with Gasteiger partial charge < -0.3 is 4.90 Å². The number of rotatable bonds is 4. The highest BCUT2D eigenvalue weighted by Gasteiger charge is 2.23. The van der Waals surface area contributed by atoms with E-state index in [1.54, 1.807) is 24.3 Å². The van der Waals surface area contributed by atoms with E-state index < -0.39 is 10.2 Å². The highest BCUT2D eigenvalue weighted by Crippen LogP contribution is 2.21. The molecule has 1 saturated heterocycles. The van der Waals surface area contributed by atoms with Crippen LogP contribution < -0.4 is 4.31 Å². The second-order valence-corrected chi connectivity index (χ2v) is 8.48. The zero-order chi connectivity index (χ0) is 17.2. The van der Waals surface area contributed by atoms with Gasteiger partial charge in [-0.3, -0.25) is 9.10 Å². The maximum atomic E-state index is 12.5. The number of amides is 1. The summed E-state index contributed by atoms with van der Waals surface area (Å²) in [4.78, 5) is 14.4. The Kier molecular flexibility index (Phi) is 5.31. The van der Waals surface area contributed by atoms with Crippen molar-refractivity contribution in [3.63, 3.8) is 0 Å². The van der Waals surface area contributed by atoms with Crippen molar-refractivity contribution in [2.45, 2.75) is 19.8 Å². The molecule has 0 spiro atoms.